The molecular weight excluding hydrogens is 410 g/mol. The number of carbonyl (C=O) groups excluding carboxylic acids is 2. The number of amides is 2. The summed E-state index contributed by atoms with van der Waals surface area (Å²) in [4.78, 5) is 30.9. The van der Waals surface area contributed by atoms with E-state index in [0.29, 0.717) is 36.0 Å². The largest absolute Gasteiger partial charge is 0.340 e. The predicted molar refractivity (Wildman–Crippen MR) is 135 cm³/mol. The Hall–Kier alpha value is -1.88. The minimum atomic E-state index is -0.408. The van der Waals surface area contributed by atoms with Crippen molar-refractivity contribution in [3.05, 3.63) is 35.4 Å². The van der Waals surface area contributed by atoms with E-state index < -0.39 is 6.04 Å². The molecule has 5 nitrogen and oxygen atoms in total. The summed E-state index contributed by atoms with van der Waals surface area (Å²) < 4.78 is 0. The molecule has 33 heavy (non-hydrogen) atoms. The Balaban J connectivity index is 1.66. The number of benzene rings is 1. The summed E-state index contributed by atoms with van der Waals surface area (Å²) in [5.74, 6) is 0.502. The SMILES string of the molecule is CCC[C@@H]1C[C@H](N(C)C(C)C)CC[C@@H]1N1CCC(NC(=O)c2cccc(C(C)(C)C)c2)C1=O. The van der Waals surface area contributed by atoms with Crippen LogP contribution in [0.3, 0.4) is 0 Å². The first-order chi connectivity index (χ1) is 15.5. The smallest absolute Gasteiger partial charge is 0.251 e. The van der Waals surface area contributed by atoms with Crippen LogP contribution < -0.4 is 5.32 Å². The molecule has 1 aromatic carbocycles. The number of likely N-dealkylation sites (tertiary alicyclic amines) is 1. The lowest BCUT2D eigenvalue weighted by Gasteiger charge is -2.44. The number of hydrogen-bond donors (Lipinski definition) is 1. The Morgan fingerprint density at radius 2 is 1.94 bits per heavy atom. The minimum Gasteiger partial charge on any atom is -0.340 e. The van der Waals surface area contributed by atoms with Crippen LogP contribution in [0.1, 0.15) is 96.0 Å². The van der Waals surface area contributed by atoms with Gasteiger partial charge in [0.2, 0.25) is 5.91 Å². The van der Waals surface area contributed by atoms with Crippen LogP contribution >= 0.6 is 0 Å². The van der Waals surface area contributed by atoms with Gasteiger partial charge in [-0.2, -0.15) is 0 Å². The van der Waals surface area contributed by atoms with E-state index >= 15 is 0 Å². The standard InChI is InChI=1S/C28H45N3O2/c1-8-10-20-18-23(30(7)19(2)3)13-14-25(20)31-16-15-24(27(31)33)29-26(32)21-11-9-12-22(17-21)28(4,5)6/h9,11-12,17,19-20,23-25H,8,10,13-16,18H2,1-7H3,(H,29,32)/t20-,23-,24?,25+/m1/s1. The maximum atomic E-state index is 13.4. The molecule has 2 amide bonds. The van der Waals surface area contributed by atoms with Gasteiger partial charge in [-0.15, -0.1) is 0 Å². The quantitative estimate of drug-likeness (QED) is 0.630. The maximum absolute atomic E-state index is 13.4. The van der Waals surface area contributed by atoms with Crippen molar-refractivity contribution >= 4 is 11.8 Å². The lowest BCUT2D eigenvalue weighted by molar-refractivity contribution is -0.133. The summed E-state index contributed by atoms with van der Waals surface area (Å²) in [5, 5.41) is 3.04. The van der Waals surface area contributed by atoms with Gasteiger partial charge in [-0.05, 0) is 82.0 Å². The highest BCUT2D eigenvalue weighted by atomic mass is 16.2. The fraction of sp³-hybridized carbons (Fsp3) is 0.714. The van der Waals surface area contributed by atoms with Crippen molar-refractivity contribution < 1.29 is 9.59 Å². The Morgan fingerprint density at radius 1 is 1.21 bits per heavy atom. The molecule has 184 valence electrons. The van der Waals surface area contributed by atoms with Gasteiger partial charge in [0.25, 0.3) is 5.91 Å². The van der Waals surface area contributed by atoms with Crippen LogP contribution in [0.15, 0.2) is 24.3 Å². The molecule has 0 spiro atoms. The third kappa shape index (κ3) is 5.98. The Labute approximate surface area is 201 Å². The van der Waals surface area contributed by atoms with E-state index in [1.54, 1.807) is 0 Å². The van der Waals surface area contributed by atoms with Crippen LogP contribution in [0.2, 0.25) is 0 Å². The molecule has 1 N–H and O–H groups in total. The normalized spacial score (nSPS) is 26.3. The molecule has 1 aliphatic carbocycles. The van der Waals surface area contributed by atoms with Gasteiger partial charge in [0.05, 0.1) is 0 Å². The molecule has 1 heterocycles. The Bertz CT molecular complexity index is 829. The first-order valence-corrected chi connectivity index (χ1v) is 13.0. The molecule has 1 unspecified atom stereocenters. The second-order valence-corrected chi connectivity index (χ2v) is 11.5. The molecule has 2 fully saturated rings. The highest BCUT2D eigenvalue weighted by molar-refractivity contribution is 5.98. The number of carbonyl (C=O) groups is 2. The molecule has 1 saturated heterocycles. The van der Waals surface area contributed by atoms with Gasteiger partial charge in [-0.25, -0.2) is 0 Å². The van der Waals surface area contributed by atoms with Crippen LogP contribution in [0.4, 0.5) is 0 Å². The predicted octanol–water partition coefficient (Wildman–Crippen LogP) is 4.99. The highest BCUT2D eigenvalue weighted by Gasteiger charge is 2.42. The van der Waals surface area contributed by atoms with Crippen LogP contribution in [0, 0.1) is 5.92 Å². The third-order valence-corrected chi connectivity index (χ3v) is 7.90. The monoisotopic (exact) mass is 455 g/mol. The maximum Gasteiger partial charge on any atom is 0.251 e. The number of nitrogens with zero attached hydrogens (tertiary/aromatic N) is 2. The first-order valence-electron chi connectivity index (χ1n) is 13.0. The summed E-state index contributed by atoms with van der Waals surface area (Å²) in [6, 6.07) is 8.82. The van der Waals surface area contributed by atoms with Crippen LogP contribution in [-0.4, -0.2) is 59.4 Å². The number of rotatable bonds is 7. The fourth-order valence-corrected chi connectivity index (χ4v) is 5.64. The topological polar surface area (TPSA) is 52.6 Å². The van der Waals surface area contributed by atoms with Crippen molar-refractivity contribution in [1.29, 1.82) is 0 Å². The molecule has 2 aliphatic rings. The zero-order valence-electron chi connectivity index (χ0n) is 21.9. The molecule has 1 saturated carbocycles. The minimum absolute atomic E-state index is 0.0208. The molecule has 3 rings (SSSR count). The van der Waals surface area contributed by atoms with Gasteiger partial charge in [-0.3, -0.25) is 9.59 Å². The molecule has 1 aromatic rings. The van der Waals surface area contributed by atoms with E-state index in [1.807, 2.05) is 18.2 Å². The van der Waals surface area contributed by atoms with Gasteiger partial charge >= 0.3 is 0 Å². The molecule has 5 heteroatoms. The van der Waals surface area contributed by atoms with Crippen molar-refractivity contribution in [2.45, 2.75) is 110 Å². The van der Waals surface area contributed by atoms with Gasteiger partial charge < -0.3 is 15.1 Å². The van der Waals surface area contributed by atoms with E-state index in [4.69, 9.17) is 0 Å². The molecule has 0 bridgehead atoms. The van der Waals surface area contributed by atoms with E-state index in [2.05, 4.69) is 69.8 Å². The van der Waals surface area contributed by atoms with Crippen LogP contribution in [-0.2, 0) is 10.2 Å². The molecule has 0 radical (unpaired) electrons. The van der Waals surface area contributed by atoms with E-state index in [-0.39, 0.29) is 17.2 Å². The Kier molecular flexibility index (Phi) is 8.26. The first kappa shape index (κ1) is 25.7. The number of hydrogen-bond acceptors (Lipinski definition) is 3. The second-order valence-electron chi connectivity index (χ2n) is 11.5. The van der Waals surface area contributed by atoms with E-state index in [1.165, 1.54) is 0 Å². The van der Waals surface area contributed by atoms with E-state index in [0.717, 1.165) is 44.2 Å². The van der Waals surface area contributed by atoms with Gasteiger partial charge in [0.15, 0.2) is 0 Å². The van der Waals surface area contributed by atoms with Crippen LogP contribution in [0.25, 0.3) is 0 Å². The molecule has 1 aliphatic heterocycles. The second kappa shape index (κ2) is 10.6. The summed E-state index contributed by atoms with van der Waals surface area (Å²) in [5.41, 5.74) is 1.74. The van der Waals surface area contributed by atoms with Crippen molar-refractivity contribution in [1.82, 2.24) is 15.1 Å². The highest BCUT2D eigenvalue weighted by Crippen LogP contribution is 2.36. The molecule has 4 atom stereocenters. The van der Waals surface area contributed by atoms with Crippen molar-refractivity contribution in [3.8, 4) is 0 Å². The van der Waals surface area contributed by atoms with Crippen molar-refractivity contribution in [3.63, 3.8) is 0 Å². The zero-order valence-corrected chi connectivity index (χ0v) is 21.9. The molecule has 0 aromatic heterocycles. The lowest BCUT2D eigenvalue weighted by atomic mass is 9.77. The summed E-state index contributed by atoms with van der Waals surface area (Å²) >= 11 is 0. The third-order valence-electron chi connectivity index (χ3n) is 7.90. The van der Waals surface area contributed by atoms with Gasteiger partial charge in [-0.1, -0.05) is 46.2 Å². The van der Waals surface area contributed by atoms with Crippen LogP contribution in [0.5, 0.6) is 0 Å². The zero-order chi connectivity index (χ0) is 24.3. The Morgan fingerprint density at radius 3 is 2.58 bits per heavy atom. The van der Waals surface area contributed by atoms with Gasteiger partial charge in [0.1, 0.15) is 6.04 Å². The summed E-state index contributed by atoms with van der Waals surface area (Å²) in [7, 11) is 2.24. The molecular formula is C28H45N3O2. The van der Waals surface area contributed by atoms with Crippen molar-refractivity contribution in [2.24, 2.45) is 5.92 Å². The average molecular weight is 456 g/mol. The number of nitrogens with one attached hydrogen (secondary N) is 1. The van der Waals surface area contributed by atoms with Gasteiger partial charge in [0, 0.05) is 30.2 Å². The average Bonchev–Trinajstić information content (AvgIpc) is 3.12. The van der Waals surface area contributed by atoms with Crippen molar-refractivity contribution in [2.75, 3.05) is 13.6 Å². The summed E-state index contributed by atoms with van der Waals surface area (Å²) in [6.07, 6.45) is 6.37. The van der Waals surface area contributed by atoms with E-state index in [9.17, 15) is 9.59 Å². The summed E-state index contributed by atoms with van der Waals surface area (Å²) in [6.45, 7) is 13.9. The fourth-order valence-electron chi connectivity index (χ4n) is 5.64. The lowest BCUT2D eigenvalue weighted by Crippen LogP contribution is -2.51.